The van der Waals surface area contributed by atoms with Crippen LogP contribution >= 0.6 is 23.2 Å². The Labute approximate surface area is 132 Å². The number of hydrogen-bond donors (Lipinski definition) is 1. The van der Waals surface area contributed by atoms with E-state index in [-0.39, 0.29) is 11.8 Å². The maximum Gasteiger partial charge on any atom is 0.249 e. The summed E-state index contributed by atoms with van der Waals surface area (Å²) in [6, 6.07) is -0.528. The first-order chi connectivity index (χ1) is 9.74. The fourth-order valence-corrected chi connectivity index (χ4v) is 3.29. The second-order valence-electron chi connectivity index (χ2n) is 5.89. The minimum atomic E-state index is -1.03. The lowest BCUT2D eigenvalue weighted by Gasteiger charge is -2.18. The molecule has 2 aliphatic rings. The Hall–Kier alpha value is -1.27. The Bertz CT molecular complexity index is 615. The van der Waals surface area contributed by atoms with Crippen molar-refractivity contribution in [2.75, 3.05) is 11.4 Å². The van der Waals surface area contributed by atoms with Crippen LogP contribution in [0.4, 0.5) is 5.69 Å². The maximum atomic E-state index is 12.4. The van der Waals surface area contributed by atoms with Crippen LogP contribution in [0.15, 0.2) is 12.4 Å². The van der Waals surface area contributed by atoms with E-state index in [1.807, 2.05) is 0 Å². The standard InChI is InChI=1S/C13H16Cl2N4O2/c1-12(7-13(12,14)15)11(21)17-9-3-4-19(10(9)20)8-5-16-18(2)6-8/h5-6,9H,3-4,7H2,1-2H3,(H,17,21)/t9-,12-/m1/s1. The Morgan fingerprint density at radius 3 is 2.71 bits per heavy atom. The summed E-state index contributed by atoms with van der Waals surface area (Å²) in [5.74, 6) is -0.394. The highest BCUT2D eigenvalue weighted by atomic mass is 35.5. The van der Waals surface area contributed by atoms with Crippen molar-refractivity contribution in [1.82, 2.24) is 15.1 Å². The van der Waals surface area contributed by atoms with E-state index in [0.29, 0.717) is 19.4 Å². The van der Waals surface area contributed by atoms with Crippen molar-refractivity contribution in [3.05, 3.63) is 12.4 Å². The highest BCUT2D eigenvalue weighted by molar-refractivity contribution is 6.53. The molecule has 1 saturated heterocycles. The first kappa shape index (κ1) is 14.7. The molecule has 2 atom stereocenters. The van der Waals surface area contributed by atoms with Gasteiger partial charge in [-0.1, -0.05) is 0 Å². The van der Waals surface area contributed by atoms with Crippen LogP contribution in [0.3, 0.4) is 0 Å². The zero-order valence-electron chi connectivity index (χ0n) is 11.8. The molecular formula is C13H16Cl2N4O2. The molecule has 2 fully saturated rings. The molecule has 3 rings (SSSR count). The second kappa shape index (κ2) is 4.61. The number of amides is 2. The van der Waals surface area contributed by atoms with Crippen molar-refractivity contribution in [3.63, 3.8) is 0 Å². The Kier molecular flexibility index (Phi) is 3.22. The number of carbonyl (C=O) groups is 2. The number of anilines is 1. The van der Waals surface area contributed by atoms with Gasteiger partial charge in [-0.05, 0) is 19.8 Å². The lowest BCUT2D eigenvalue weighted by atomic mass is 10.1. The van der Waals surface area contributed by atoms with Gasteiger partial charge >= 0.3 is 0 Å². The van der Waals surface area contributed by atoms with Crippen LogP contribution in [-0.2, 0) is 16.6 Å². The molecule has 6 nitrogen and oxygen atoms in total. The molecule has 0 bridgehead atoms. The molecular weight excluding hydrogens is 315 g/mol. The van der Waals surface area contributed by atoms with Crippen LogP contribution < -0.4 is 10.2 Å². The van der Waals surface area contributed by atoms with Gasteiger partial charge in [0, 0.05) is 19.8 Å². The summed E-state index contributed by atoms with van der Waals surface area (Å²) in [5.41, 5.74) is -0.0705. The number of nitrogens with zero attached hydrogens (tertiary/aromatic N) is 3. The summed E-state index contributed by atoms with van der Waals surface area (Å²) >= 11 is 12.0. The van der Waals surface area contributed by atoms with Gasteiger partial charge in [-0.2, -0.15) is 5.10 Å². The monoisotopic (exact) mass is 330 g/mol. The second-order valence-corrected chi connectivity index (χ2v) is 7.37. The van der Waals surface area contributed by atoms with E-state index in [2.05, 4.69) is 10.4 Å². The molecule has 114 valence electrons. The van der Waals surface area contributed by atoms with Gasteiger partial charge in [-0.25, -0.2) is 0 Å². The quantitative estimate of drug-likeness (QED) is 0.847. The summed E-state index contributed by atoms with van der Waals surface area (Å²) in [5, 5.41) is 6.82. The summed E-state index contributed by atoms with van der Waals surface area (Å²) < 4.78 is 0.608. The SMILES string of the molecule is Cn1cc(N2CC[C@@H](NC(=O)[C@@]3(C)CC3(Cl)Cl)C2=O)cn1. The van der Waals surface area contributed by atoms with Crippen LogP contribution in [0.1, 0.15) is 19.8 Å². The molecule has 2 heterocycles. The molecule has 1 aliphatic heterocycles. The first-order valence-corrected chi connectivity index (χ1v) is 7.49. The summed E-state index contributed by atoms with van der Waals surface area (Å²) in [4.78, 5) is 26.2. The van der Waals surface area contributed by atoms with Gasteiger partial charge < -0.3 is 10.2 Å². The summed E-state index contributed by atoms with van der Waals surface area (Å²) in [6.07, 6.45) is 4.37. The zero-order chi connectivity index (χ0) is 15.4. The number of aryl methyl sites for hydroxylation is 1. The third kappa shape index (κ3) is 2.30. The highest BCUT2D eigenvalue weighted by Gasteiger charge is 2.68. The predicted molar refractivity (Wildman–Crippen MR) is 79.3 cm³/mol. The smallest absolute Gasteiger partial charge is 0.249 e. The maximum absolute atomic E-state index is 12.4. The van der Waals surface area contributed by atoms with Crippen molar-refractivity contribution >= 4 is 40.7 Å². The topological polar surface area (TPSA) is 67.2 Å². The fourth-order valence-electron chi connectivity index (χ4n) is 2.58. The van der Waals surface area contributed by atoms with Gasteiger partial charge in [0.25, 0.3) is 0 Å². The van der Waals surface area contributed by atoms with Crippen LogP contribution in [0.5, 0.6) is 0 Å². The molecule has 1 N–H and O–H groups in total. The number of hydrogen-bond acceptors (Lipinski definition) is 3. The molecule has 0 aromatic carbocycles. The number of halogens is 2. The van der Waals surface area contributed by atoms with E-state index in [9.17, 15) is 9.59 Å². The lowest BCUT2D eigenvalue weighted by Crippen LogP contribution is -2.45. The molecule has 0 radical (unpaired) electrons. The molecule has 2 amide bonds. The van der Waals surface area contributed by atoms with Crippen molar-refractivity contribution in [3.8, 4) is 0 Å². The van der Waals surface area contributed by atoms with E-state index in [1.165, 1.54) is 0 Å². The molecule has 1 aromatic heterocycles. The molecule has 0 spiro atoms. The summed E-state index contributed by atoms with van der Waals surface area (Å²) in [7, 11) is 1.79. The Morgan fingerprint density at radius 2 is 2.19 bits per heavy atom. The third-order valence-corrected chi connectivity index (χ3v) is 5.37. The lowest BCUT2D eigenvalue weighted by molar-refractivity contribution is -0.129. The minimum absolute atomic E-state index is 0.129. The predicted octanol–water partition coefficient (Wildman–Crippen LogP) is 1.23. The largest absolute Gasteiger partial charge is 0.344 e. The molecule has 8 heteroatoms. The van der Waals surface area contributed by atoms with Gasteiger partial charge in [0.05, 0.1) is 17.3 Å². The van der Waals surface area contributed by atoms with E-state index in [4.69, 9.17) is 23.2 Å². The van der Waals surface area contributed by atoms with E-state index in [0.717, 1.165) is 5.69 Å². The van der Waals surface area contributed by atoms with Crippen molar-refractivity contribution in [1.29, 1.82) is 0 Å². The Balaban J connectivity index is 1.66. The van der Waals surface area contributed by atoms with Gasteiger partial charge in [0.1, 0.15) is 10.4 Å². The molecule has 1 aliphatic carbocycles. The average Bonchev–Trinajstić information content (AvgIpc) is 2.74. The minimum Gasteiger partial charge on any atom is -0.344 e. The van der Waals surface area contributed by atoms with E-state index in [1.54, 1.807) is 35.9 Å². The van der Waals surface area contributed by atoms with Crippen molar-refractivity contribution < 1.29 is 9.59 Å². The normalized spacial score (nSPS) is 30.6. The van der Waals surface area contributed by atoms with Gasteiger partial charge in [0.15, 0.2) is 0 Å². The van der Waals surface area contributed by atoms with Crippen LogP contribution in [0.25, 0.3) is 0 Å². The third-order valence-electron chi connectivity index (χ3n) is 4.27. The Morgan fingerprint density at radius 1 is 1.52 bits per heavy atom. The molecule has 1 aromatic rings. The van der Waals surface area contributed by atoms with Crippen LogP contribution in [-0.4, -0.2) is 38.5 Å². The van der Waals surface area contributed by atoms with E-state index >= 15 is 0 Å². The number of aromatic nitrogens is 2. The van der Waals surface area contributed by atoms with Crippen LogP contribution in [0, 0.1) is 5.41 Å². The van der Waals surface area contributed by atoms with Crippen molar-refractivity contribution in [2.24, 2.45) is 12.5 Å². The van der Waals surface area contributed by atoms with Crippen LogP contribution in [0.2, 0.25) is 0 Å². The first-order valence-electron chi connectivity index (χ1n) is 6.73. The van der Waals surface area contributed by atoms with Crippen molar-refractivity contribution in [2.45, 2.75) is 30.1 Å². The molecule has 21 heavy (non-hydrogen) atoms. The van der Waals surface area contributed by atoms with Gasteiger partial charge in [-0.3, -0.25) is 14.3 Å². The number of alkyl halides is 2. The zero-order valence-corrected chi connectivity index (χ0v) is 13.3. The van der Waals surface area contributed by atoms with Gasteiger partial charge in [0.2, 0.25) is 11.8 Å². The molecule has 1 saturated carbocycles. The fraction of sp³-hybridized carbons (Fsp3) is 0.615. The molecule has 0 unspecified atom stereocenters. The van der Waals surface area contributed by atoms with E-state index < -0.39 is 15.8 Å². The number of carbonyl (C=O) groups excluding carboxylic acids is 2. The average molecular weight is 331 g/mol. The van der Waals surface area contributed by atoms with Gasteiger partial charge in [-0.15, -0.1) is 23.2 Å². The summed E-state index contributed by atoms with van der Waals surface area (Å²) in [6.45, 7) is 2.26. The highest BCUT2D eigenvalue weighted by Crippen LogP contribution is 2.63. The number of rotatable bonds is 3. The number of nitrogens with one attached hydrogen (secondary N) is 1.